The van der Waals surface area contributed by atoms with Gasteiger partial charge in [-0.05, 0) is 84.5 Å². The fourth-order valence-electron chi connectivity index (χ4n) is 8.65. The Hall–Kier alpha value is -8.33. The summed E-state index contributed by atoms with van der Waals surface area (Å²) >= 11 is 0. The molecule has 0 radical (unpaired) electrons. The molecule has 4 aromatic carbocycles. The molecule has 428 valence electrons. The lowest BCUT2D eigenvalue weighted by atomic mass is 10.1. The highest BCUT2D eigenvalue weighted by atomic mass is 31.2. The molecule has 0 aliphatic carbocycles. The van der Waals surface area contributed by atoms with E-state index in [1.165, 1.54) is 23.4 Å². The van der Waals surface area contributed by atoms with Gasteiger partial charge in [-0.1, -0.05) is 42.9 Å². The van der Waals surface area contributed by atoms with Gasteiger partial charge in [0, 0.05) is 132 Å². The van der Waals surface area contributed by atoms with E-state index in [0.717, 1.165) is 29.9 Å². The van der Waals surface area contributed by atoms with Gasteiger partial charge in [-0.15, -0.1) is 0 Å². The van der Waals surface area contributed by atoms with Gasteiger partial charge in [0.25, 0.3) is 0 Å². The van der Waals surface area contributed by atoms with Gasteiger partial charge in [-0.3, -0.25) is 14.2 Å². The molecule has 22 heteroatoms. The highest BCUT2D eigenvalue weighted by Gasteiger charge is 2.29. The topological polar surface area (TPSA) is 211 Å². The van der Waals surface area contributed by atoms with Gasteiger partial charge < -0.3 is 68.5 Å². The number of rotatable bonds is 25. The molecule has 0 aliphatic heterocycles. The van der Waals surface area contributed by atoms with Crippen molar-refractivity contribution in [1.29, 1.82) is 0 Å². The summed E-state index contributed by atoms with van der Waals surface area (Å²) in [6.45, 7) is 1.08. The third-order valence-electron chi connectivity index (χ3n) is 12.7. The predicted octanol–water partition coefficient (Wildman–Crippen LogP) is 10.1. The van der Waals surface area contributed by atoms with Crippen molar-refractivity contribution in [2.24, 2.45) is 14.0 Å². The van der Waals surface area contributed by atoms with Crippen molar-refractivity contribution in [1.82, 2.24) is 38.9 Å². The largest absolute Gasteiger partial charge is 0.494 e. The molecule has 4 N–H and O–H groups in total. The predicted molar refractivity (Wildman–Crippen MR) is 327 cm³/mol. The highest BCUT2D eigenvalue weighted by molar-refractivity contribution is 7.54. The molecule has 4 aromatic heterocycles. The molecule has 0 spiro atoms. The van der Waals surface area contributed by atoms with Crippen LogP contribution in [0.5, 0.6) is 11.5 Å². The van der Waals surface area contributed by atoms with Crippen molar-refractivity contribution < 1.29 is 43.6 Å². The average Bonchev–Trinajstić information content (AvgIpc) is 1.69. The van der Waals surface area contributed by atoms with Crippen molar-refractivity contribution in [3.05, 3.63) is 122 Å². The Morgan fingerprint density at radius 2 is 1.11 bits per heavy atom. The second-order valence-electron chi connectivity index (χ2n) is 19.0. The summed E-state index contributed by atoms with van der Waals surface area (Å²) in [5.41, 5.74) is 6.52. The number of anilines is 8. The fraction of sp³-hybridized carbons (Fsp3) is 0.322. The van der Waals surface area contributed by atoms with Gasteiger partial charge in [0.15, 0.2) is 0 Å². The summed E-state index contributed by atoms with van der Waals surface area (Å²) in [6.07, 6.45) is 6.70. The number of aryl methyl sites for hydroxylation is 2. The van der Waals surface area contributed by atoms with Crippen LogP contribution in [0.4, 0.5) is 46.0 Å². The number of amides is 2. The van der Waals surface area contributed by atoms with E-state index in [4.69, 9.17) is 34.5 Å². The Morgan fingerprint density at radius 3 is 1.53 bits per heavy atom. The Kier molecular flexibility index (Phi) is 17.0. The van der Waals surface area contributed by atoms with Crippen LogP contribution < -0.4 is 40.5 Å². The van der Waals surface area contributed by atoms with E-state index in [1.54, 1.807) is 99.3 Å². The Morgan fingerprint density at radius 1 is 0.654 bits per heavy atom. The standard InChI is InChI=1S/C31H42N7O5P.C28H33N7O2/c1-8-42-44(40,43-9-2)21-30(39)33-25-18-26(29(41-7)19-28(25)37(5)17-16-36(3)4)35-31-32-15-14-24(34-31)23-20-38(6)27-13-11-10-12-22(23)27;1-7-27(36)30-22-16-23(26(37-6)17-25(22)34(4)15-14-33(2)3)32-28-29-13-12-21(31-28)20-18-35(5)24-11-9-8-10-19(20)24/h10-15,18-20H,8-9,16-17,21H2,1-7H3,(H,33,39)(H,32,34,35);7-13,16-18H,1,14-15H2,2-6H3,(H,30,36)(H,29,31,32)/i6D3;1D2,5D3. The Bertz CT molecular complexity index is 3850. The first-order valence-corrected chi connectivity index (χ1v) is 27.6. The van der Waals surface area contributed by atoms with E-state index in [9.17, 15) is 14.2 Å². The highest BCUT2D eigenvalue weighted by Crippen LogP contribution is 2.48. The molecule has 0 bridgehead atoms. The number of carbonyl (C=O) groups is 2. The summed E-state index contributed by atoms with van der Waals surface area (Å²) in [6, 6.07) is 24.8. The molecule has 21 nitrogen and oxygen atoms in total. The number of ether oxygens (including phenoxy) is 2. The van der Waals surface area contributed by atoms with Gasteiger partial charge in [-0.2, -0.15) is 0 Å². The summed E-state index contributed by atoms with van der Waals surface area (Å²) in [5, 5.41) is 13.5. The second kappa shape index (κ2) is 27.7. The van der Waals surface area contributed by atoms with Crippen LogP contribution in [0.1, 0.15) is 24.8 Å². The Balaban J connectivity index is 0.000000255. The molecule has 0 saturated carbocycles. The maximum atomic E-state index is 13.2. The zero-order valence-corrected chi connectivity index (χ0v) is 48.1. The molecule has 4 heterocycles. The molecular formula is C59H75N14O7P. The number of methoxy groups -OCH3 is 2. The summed E-state index contributed by atoms with van der Waals surface area (Å²) < 4.78 is 100. The summed E-state index contributed by atoms with van der Waals surface area (Å²) in [7, 11) is 11.1. The van der Waals surface area contributed by atoms with Gasteiger partial charge in [-0.25, -0.2) is 19.9 Å². The van der Waals surface area contributed by atoms with Crippen LogP contribution >= 0.6 is 7.60 Å². The van der Waals surface area contributed by atoms with Crippen LogP contribution in [0, 0.1) is 0 Å². The molecule has 0 fully saturated rings. The molecule has 0 aliphatic rings. The lowest BCUT2D eigenvalue weighted by Crippen LogP contribution is -2.29. The number of likely N-dealkylation sites (N-methyl/N-ethyl adjacent to an activating group) is 4. The van der Waals surface area contributed by atoms with Crippen LogP contribution in [-0.2, 0) is 37.2 Å². The number of para-hydroxylation sites is 2. The van der Waals surface area contributed by atoms with E-state index in [1.807, 2.05) is 86.2 Å². The first-order valence-electron chi connectivity index (χ1n) is 29.9. The van der Waals surface area contributed by atoms with Crippen molar-refractivity contribution in [2.75, 3.05) is 133 Å². The van der Waals surface area contributed by atoms with Crippen molar-refractivity contribution >= 4 is 87.2 Å². The number of benzene rings is 4. The van der Waals surface area contributed by atoms with Crippen molar-refractivity contribution in [3.63, 3.8) is 0 Å². The van der Waals surface area contributed by atoms with E-state index in [0.29, 0.717) is 92.3 Å². The Labute approximate surface area is 485 Å². The third kappa shape index (κ3) is 15.3. The maximum Gasteiger partial charge on any atom is 0.340 e. The summed E-state index contributed by atoms with van der Waals surface area (Å²) in [4.78, 5) is 51.8. The number of aromatic nitrogens is 6. The van der Waals surface area contributed by atoms with E-state index in [-0.39, 0.29) is 25.1 Å². The minimum atomic E-state index is -3.65. The maximum absolute atomic E-state index is 13.2. The minimum absolute atomic E-state index is 0.134. The quantitative estimate of drug-likeness (QED) is 0.0310. The number of fused-ring (bicyclic) bond motifs is 2. The van der Waals surface area contributed by atoms with Crippen LogP contribution in [0.25, 0.3) is 44.3 Å². The van der Waals surface area contributed by atoms with Crippen LogP contribution in [0.15, 0.2) is 122 Å². The monoisotopic (exact) mass is 1130 g/mol. The fourth-order valence-corrected chi connectivity index (χ4v) is 10.1. The molecule has 8 aromatic rings. The number of hydrogen-bond donors (Lipinski definition) is 4. The van der Waals surface area contributed by atoms with Crippen molar-refractivity contribution in [3.8, 4) is 34.0 Å². The summed E-state index contributed by atoms with van der Waals surface area (Å²) in [5.74, 6) is 0.202. The molecule has 81 heavy (non-hydrogen) atoms. The van der Waals surface area contributed by atoms with Gasteiger partial charge >= 0.3 is 7.60 Å². The molecule has 8 rings (SSSR count). The average molecular weight is 1130 g/mol. The van der Waals surface area contributed by atoms with Gasteiger partial charge in [0.05, 0.1) is 75.7 Å². The van der Waals surface area contributed by atoms with E-state index in [2.05, 4.69) is 36.2 Å². The number of hydrogen-bond acceptors (Lipinski definition) is 17. The third-order valence-corrected chi connectivity index (χ3v) is 14.6. The lowest BCUT2D eigenvalue weighted by Gasteiger charge is -2.26. The minimum Gasteiger partial charge on any atom is -0.494 e. The van der Waals surface area contributed by atoms with Crippen LogP contribution in [-0.4, -0.2) is 153 Å². The van der Waals surface area contributed by atoms with Crippen molar-refractivity contribution in [2.45, 2.75) is 13.8 Å². The zero-order chi connectivity index (χ0) is 65.0. The van der Waals surface area contributed by atoms with Crippen LogP contribution in [0.2, 0.25) is 0 Å². The number of nitrogens with zero attached hydrogens (tertiary/aromatic N) is 10. The molecule has 2 amide bonds. The van der Waals surface area contributed by atoms with Gasteiger partial charge in [0.1, 0.15) is 17.7 Å². The molecule has 0 saturated heterocycles. The van der Waals surface area contributed by atoms with Gasteiger partial charge in [0.2, 0.25) is 23.7 Å². The first-order chi connectivity index (χ1) is 42.1. The van der Waals surface area contributed by atoms with E-state index < -0.39 is 46.1 Å². The normalized spacial score (nSPS) is 13.0. The smallest absolute Gasteiger partial charge is 0.340 e. The first kappa shape index (κ1) is 49.7. The number of nitrogens with one attached hydrogen (secondary N) is 4. The zero-order valence-electron chi connectivity index (χ0n) is 55.2. The second-order valence-corrected chi connectivity index (χ2v) is 21.1. The SMILES string of the molecule is [2H]C([2H])([2H])n1cc(-c2ccnc(Nc3cc(NC(=O)CP(=O)(OCC)OCC)c(N(C)CCN(C)C)cc3OC)n2)c2ccccc21.[2H]C([2H])=CC(=O)Nc1cc(Nc2nccc(-c3cn(C([2H])([2H])[2H])c4ccccc34)n2)c(OC)cc1N(C)CCN(C)C. The molecular weight excluding hydrogens is 1050 g/mol. The lowest BCUT2D eigenvalue weighted by molar-refractivity contribution is -0.114. The van der Waals surface area contributed by atoms with E-state index >= 15 is 0 Å². The molecule has 0 atom stereocenters. The molecule has 0 unspecified atom stereocenters. The van der Waals surface area contributed by atoms with Crippen LogP contribution in [0.3, 0.4) is 0 Å². The number of carbonyl (C=O) groups excluding carboxylic acids is 2.